The van der Waals surface area contributed by atoms with E-state index in [-0.39, 0.29) is 29.7 Å². The van der Waals surface area contributed by atoms with E-state index in [0.717, 1.165) is 0 Å². The predicted molar refractivity (Wildman–Crippen MR) is 95.4 cm³/mol. The molecule has 0 atom stereocenters. The third kappa shape index (κ3) is 8.44. The van der Waals surface area contributed by atoms with Gasteiger partial charge in [0.1, 0.15) is 0 Å². The van der Waals surface area contributed by atoms with Crippen molar-refractivity contribution in [2.45, 2.75) is 57.3 Å². The lowest BCUT2D eigenvalue weighted by atomic mass is 10.0. The maximum absolute atomic E-state index is 11.5. The first-order chi connectivity index (χ1) is 12.3. The molecule has 0 aliphatic heterocycles. The monoisotopic (exact) mass is 386 g/mol. The smallest absolute Gasteiger partial charge is 0.305 e. The second-order valence-corrected chi connectivity index (χ2v) is 7.20. The molecule has 0 aliphatic rings. The number of hydrogen-bond donors (Lipinski definition) is 1. The Bertz CT molecular complexity index is 668. The third-order valence-electron chi connectivity index (χ3n) is 3.63. The van der Waals surface area contributed by atoms with Crippen molar-refractivity contribution in [3.8, 4) is 0 Å². The fourth-order valence-electron chi connectivity index (χ4n) is 2.51. The molecule has 0 heterocycles. The van der Waals surface area contributed by atoms with Gasteiger partial charge in [-0.15, -0.1) is 0 Å². The highest BCUT2D eigenvalue weighted by molar-refractivity contribution is 7.85. The Morgan fingerprint density at radius 2 is 1.31 bits per heavy atom. The topological polar surface area (TPSA) is 107 Å². The molecule has 26 heavy (non-hydrogen) atoms. The van der Waals surface area contributed by atoms with Crippen LogP contribution in [0.25, 0.3) is 0 Å². The van der Waals surface area contributed by atoms with Gasteiger partial charge in [0.2, 0.25) is 0 Å². The van der Waals surface area contributed by atoms with Crippen LogP contribution >= 0.6 is 0 Å². The first-order valence-corrected chi connectivity index (χ1v) is 10.1. The van der Waals surface area contributed by atoms with Crippen LogP contribution in [0.15, 0.2) is 23.1 Å². The zero-order chi connectivity index (χ0) is 19.6. The minimum absolute atomic E-state index is 0.183. The van der Waals surface area contributed by atoms with Crippen molar-refractivity contribution in [3.63, 3.8) is 0 Å². The number of carbonyl (C=O) groups excluding carboxylic acids is 2. The maximum Gasteiger partial charge on any atom is 0.305 e. The average Bonchev–Trinajstić information content (AvgIpc) is 2.54. The average molecular weight is 386 g/mol. The zero-order valence-electron chi connectivity index (χ0n) is 15.2. The summed E-state index contributed by atoms with van der Waals surface area (Å²) in [5.74, 6) is -0.596. The van der Waals surface area contributed by atoms with E-state index < -0.39 is 10.1 Å². The van der Waals surface area contributed by atoms with Crippen LogP contribution in [0, 0.1) is 0 Å². The molecule has 0 spiro atoms. The van der Waals surface area contributed by atoms with Crippen molar-refractivity contribution in [1.82, 2.24) is 0 Å². The second-order valence-electron chi connectivity index (χ2n) is 5.78. The summed E-state index contributed by atoms with van der Waals surface area (Å²) in [5, 5.41) is 0. The predicted octanol–water partition coefficient (Wildman–Crippen LogP) is 2.70. The molecule has 0 saturated heterocycles. The molecule has 0 radical (unpaired) electrons. The molecular formula is C18H26O7S. The van der Waals surface area contributed by atoms with Gasteiger partial charge in [-0.25, -0.2) is 0 Å². The van der Waals surface area contributed by atoms with E-state index in [1.54, 1.807) is 13.8 Å². The minimum Gasteiger partial charge on any atom is -0.466 e. The molecule has 0 saturated carbocycles. The molecule has 1 rings (SSSR count). The van der Waals surface area contributed by atoms with Gasteiger partial charge >= 0.3 is 11.9 Å². The standard InChI is InChI=1S/C18H26O7S/c1-3-24-17(19)9-5-7-14-11-15(8-6-10-18(20)25-4-2)13-16(12-14)26(21,22)23/h11-13H,3-10H2,1-2H3,(H,21,22,23). The second kappa shape index (κ2) is 10.9. The van der Waals surface area contributed by atoms with Gasteiger partial charge in [0.15, 0.2) is 0 Å². The molecule has 0 aromatic heterocycles. The van der Waals surface area contributed by atoms with Crippen LogP contribution in [0.4, 0.5) is 0 Å². The molecule has 146 valence electrons. The van der Waals surface area contributed by atoms with Gasteiger partial charge in [-0.3, -0.25) is 14.1 Å². The van der Waals surface area contributed by atoms with Gasteiger partial charge in [-0.1, -0.05) is 6.07 Å². The van der Waals surface area contributed by atoms with E-state index in [9.17, 15) is 22.6 Å². The Labute approximate surface area is 154 Å². The molecule has 7 nitrogen and oxygen atoms in total. The molecule has 0 bridgehead atoms. The molecule has 0 unspecified atom stereocenters. The summed E-state index contributed by atoms with van der Waals surface area (Å²) in [4.78, 5) is 22.6. The van der Waals surface area contributed by atoms with E-state index in [1.165, 1.54) is 12.1 Å². The van der Waals surface area contributed by atoms with E-state index in [2.05, 4.69) is 0 Å². The van der Waals surface area contributed by atoms with Gasteiger partial charge in [0.05, 0.1) is 18.1 Å². The summed E-state index contributed by atoms with van der Waals surface area (Å²) < 4.78 is 42.0. The van der Waals surface area contributed by atoms with E-state index in [4.69, 9.17) is 9.47 Å². The van der Waals surface area contributed by atoms with E-state index >= 15 is 0 Å². The number of esters is 2. The minimum atomic E-state index is -4.33. The van der Waals surface area contributed by atoms with Gasteiger partial charge in [-0.2, -0.15) is 8.42 Å². The molecule has 8 heteroatoms. The quantitative estimate of drug-likeness (QED) is 0.460. The normalized spacial score (nSPS) is 11.2. The Kier molecular flexibility index (Phi) is 9.29. The number of ether oxygens (including phenoxy) is 2. The van der Waals surface area contributed by atoms with Crippen molar-refractivity contribution in [1.29, 1.82) is 0 Å². The Morgan fingerprint density at radius 3 is 1.65 bits per heavy atom. The summed E-state index contributed by atoms with van der Waals surface area (Å²) in [7, 11) is -4.33. The van der Waals surface area contributed by atoms with Crippen LogP contribution in [0.5, 0.6) is 0 Å². The lowest BCUT2D eigenvalue weighted by Crippen LogP contribution is -2.06. The van der Waals surface area contributed by atoms with Crippen molar-refractivity contribution in [2.75, 3.05) is 13.2 Å². The Morgan fingerprint density at radius 1 is 0.885 bits per heavy atom. The Hall–Kier alpha value is -1.93. The molecule has 1 N–H and O–H groups in total. The maximum atomic E-state index is 11.5. The molecule has 0 fully saturated rings. The first kappa shape index (κ1) is 22.1. The van der Waals surface area contributed by atoms with Crippen molar-refractivity contribution < 1.29 is 32.0 Å². The number of carbonyl (C=O) groups is 2. The number of aryl methyl sites for hydroxylation is 2. The van der Waals surface area contributed by atoms with Crippen LogP contribution < -0.4 is 0 Å². The molecule has 0 aliphatic carbocycles. The summed E-state index contributed by atoms with van der Waals surface area (Å²) in [6.07, 6.45) is 2.45. The summed E-state index contributed by atoms with van der Waals surface area (Å²) >= 11 is 0. The van der Waals surface area contributed by atoms with E-state index in [0.29, 0.717) is 50.0 Å². The van der Waals surface area contributed by atoms with Crippen molar-refractivity contribution >= 4 is 22.1 Å². The van der Waals surface area contributed by atoms with Crippen molar-refractivity contribution in [2.24, 2.45) is 0 Å². The van der Waals surface area contributed by atoms with Crippen LogP contribution in [0.1, 0.15) is 50.7 Å². The van der Waals surface area contributed by atoms with Crippen molar-refractivity contribution in [3.05, 3.63) is 29.3 Å². The molecule has 1 aromatic carbocycles. The highest BCUT2D eigenvalue weighted by Crippen LogP contribution is 2.19. The van der Waals surface area contributed by atoms with Gasteiger partial charge in [-0.05, 0) is 62.8 Å². The molecule has 1 aromatic rings. The highest BCUT2D eigenvalue weighted by atomic mass is 32.2. The van der Waals surface area contributed by atoms with Crippen LogP contribution in [0.2, 0.25) is 0 Å². The lowest BCUT2D eigenvalue weighted by Gasteiger charge is -2.09. The van der Waals surface area contributed by atoms with Crippen LogP contribution in [0.3, 0.4) is 0 Å². The lowest BCUT2D eigenvalue weighted by molar-refractivity contribution is -0.144. The number of hydrogen-bond acceptors (Lipinski definition) is 6. The van der Waals surface area contributed by atoms with Gasteiger partial charge in [0.25, 0.3) is 10.1 Å². The molecular weight excluding hydrogens is 360 g/mol. The Balaban J connectivity index is 2.77. The number of rotatable bonds is 11. The SMILES string of the molecule is CCOC(=O)CCCc1cc(CCCC(=O)OCC)cc(S(=O)(=O)O)c1. The van der Waals surface area contributed by atoms with Gasteiger partial charge < -0.3 is 9.47 Å². The molecule has 0 amide bonds. The van der Waals surface area contributed by atoms with Crippen LogP contribution in [-0.2, 0) is 42.0 Å². The third-order valence-corrected chi connectivity index (χ3v) is 4.46. The highest BCUT2D eigenvalue weighted by Gasteiger charge is 2.13. The fourth-order valence-corrected chi connectivity index (χ4v) is 3.11. The van der Waals surface area contributed by atoms with Gasteiger partial charge in [0, 0.05) is 12.8 Å². The summed E-state index contributed by atoms with van der Waals surface area (Å²) in [6.45, 7) is 4.11. The largest absolute Gasteiger partial charge is 0.466 e. The van der Waals surface area contributed by atoms with E-state index in [1.807, 2.05) is 6.07 Å². The first-order valence-electron chi connectivity index (χ1n) is 8.67. The number of benzene rings is 1. The summed E-state index contributed by atoms with van der Waals surface area (Å²) in [5.41, 5.74) is 1.41. The zero-order valence-corrected chi connectivity index (χ0v) is 16.0. The summed E-state index contributed by atoms with van der Waals surface area (Å²) in [6, 6.07) is 4.62. The van der Waals surface area contributed by atoms with Crippen LogP contribution in [-0.4, -0.2) is 38.1 Å². The fraction of sp³-hybridized carbons (Fsp3) is 0.556.